The molecule has 0 saturated carbocycles. The van der Waals surface area contributed by atoms with Crippen molar-refractivity contribution in [2.45, 2.75) is 65.0 Å². The number of alkyl carbamates (subject to hydrolysis) is 1. The van der Waals surface area contributed by atoms with Crippen LogP contribution < -0.4 is 20.9 Å². The second-order valence-corrected chi connectivity index (χ2v) is 11.4. The molecule has 3 rings (SSSR count). The summed E-state index contributed by atoms with van der Waals surface area (Å²) in [4.78, 5) is 61.6. The molecule has 1 unspecified atom stereocenters. The van der Waals surface area contributed by atoms with Crippen LogP contribution in [0.1, 0.15) is 53.4 Å². The molecule has 1 saturated heterocycles. The van der Waals surface area contributed by atoms with Gasteiger partial charge in [0.15, 0.2) is 5.65 Å². The summed E-state index contributed by atoms with van der Waals surface area (Å²) in [5, 5.41) is 17.6. The predicted molar refractivity (Wildman–Crippen MR) is 156 cm³/mol. The van der Waals surface area contributed by atoms with Crippen LogP contribution >= 0.6 is 0 Å². The fourth-order valence-corrected chi connectivity index (χ4v) is 4.79. The fraction of sp³-hybridized carbons (Fsp3) is 0.607. The van der Waals surface area contributed by atoms with Crippen LogP contribution in [0.2, 0.25) is 0 Å². The standard InChI is InChI=1S/C28H41N9O5/c1-19-9-14-36(23(39)8-11-29)17-21(19)35(5)24-20-10-15-37(25(20)34-18-33-24)26(40)32-16-22(38)30-12-6-7-13-31-27(41)42-28(2,3)4/h10,15,18-19,21H,6-9,12-14,16-17H2,1-5H3,(H,30,38)(H,31,41)(H,32,40)/t19-,21?/m1/s1. The monoisotopic (exact) mass is 583 g/mol. The van der Waals surface area contributed by atoms with Crippen LogP contribution in [0.5, 0.6) is 0 Å². The summed E-state index contributed by atoms with van der Waals surface area (Å²) in [6, 6.07) is 3.13. The summed E-state index contributed by atoms with van der Waals surface area (Å²) in [7, 11) is 1.90. The van der Waals surface area contributed by atoms with Crippen molar-refractivity contribution in [2.24, 2.45) is 5.92 Å². The number of nitrogens with zero attached hydrogens (tertiary/aromatic N) is 6. The average molecular weight is 584 g/mol. The molecule has 3 N–H and O–H groups in total. The molecule has 1 fully saturated rings. The van der Waals surface area contributed by atoms with E-state index in [2.05, 4.69) is 32.8 Å². The highest BCUT2D eigenvalue weighted by atomic mass is 16.6. The molecule has 1 aliphatic heterocycles. The number of carbonyl (C=O) groups is 4. The van der Waals surface area contributed by atoms with Gasteiger partial charge in [0, 0.05) is 39.4 Å². The molecule has 1 aliphatic rings. The van der Waals surface area contributed by atoms with Crippen molar-refractivity contribution in [1.82, 2.24) is 35.4 Å². The summed E-state index contributed by atoms with van der Waals surface area (Å²) in [5.74, 6) is 0.377. The smallest absolute Gasteiger partial charge is 0.407 e. The zero-order valence-corrected chi connectivity index (χ0v) is 25.0. The number of nitriles is 1. The van der Waals surface area contributed by atoms with E-state index in [1.54, 1.807) is 37.9 Å². The highest BCUT2D eigenvalue weighted by Crippen LogP contribution is 2.29. The van der Waals surface area contributed by atoms with E-state index in [9.17, 15) is 19.2 Å². The van der Waals surface area contributed by atoms with Crippen LogP contribution in [0.3, 0.4) is 0 Å². The molecule has 0 bridgehead atoms. The number of unbranched alkanes of at least 4 members (excludes halogenated alkanes) is 1. The molecule has 14 heteroatoms. The summed E-state index contributed by atoms with van der Waals surface area (Å²) in [6.07, 6.45) is 4.44. The molecule has 2 atom stereocenters. The number of rotatable bonds is 10. The molecule has 42 heavy (non-hydrogen) atoms. The Morgan fingerprint density at radius 1 is 1.14 bits per heavy atom. The third kappa shape index (κ3) is 8.79. The number of piperidine rings is 1. The van der Waals surface area contributed by atoms with Gasteiger partial charge in [0.05, 0.1) is 24.0 Å². The van der Waals surface area contributed by atoms with Crippen LogP contribution in [-0.2, 0) is 14.3 Å². The van der Waals surface area contributed by atoms with Gasteiger partial charge in [0.2, 0.25) is 11.8 Å². The number of ether oxygens (including phenoxy) is 1. The third-order valence-electron chi connectivity index (χ3n) is 7.01. The second kappa shape index (κ2) is 14.5. The highest BCUT2D eigenvalue weighted by molar-refractivity contribution is 5.95. The van der Waals surface area contributed by atoms with E-state index < -0.39 is 17.7 Å². The number of likely N-dealkylation sites (N-methyl/N-ethyl adjacent to an activating group) is 1. The lowest BCUT2D eigenvalue weighted by molar-refractivity contribution is -0.131. The van der Waals surface area contributed by atoms with E-state index in [0.29, 0.717) is 55.9 Å². The first kappa shape index (κ1) is 32.1. The lowest BCUT2D eigenvalue weighted by Gasteiger charge is -2.42. The quantitative estimate of drug-likeness (QED) is 0.353. The molecule has 0 radical (unpaired) electrons. The number of likely N-dealkylation sites (tertiary alicyclic amines) is 1. The Balaban J connectivity index is 1.51. The Morgan fingerprint density at radius 3 is 2.55 bits per heavy atom. The Bertz CT molecular complexity index is 1310. The SMILES string of the molecule is C[C@@H]1CCN(C(=O)CC#N)CC1N(C)c1ncnc2c1ccn2C(=O)NCC(=O)NCCCCNC(=O)OC(C)(C)C. The molecular weight excluding hydrogens is 542 g/mol. The summed E-state index contributed by atoms with van der Waals surface area (Å²) >= 11 is 0. The number of amides is 4. The van der Waals surface area contributed by atoms with Crippen LogP contribution in [0, 0.1) is 17.2 Å². The predicted octanol–water partition coefficient (Wildman–Crippen LogP) is 2.00. The van der Waals surface area contributed by atoms with Gasteiger partial charge in [-0.25, -0.2) is 19.6 Å². The first-order valence-corrected chi connectivity index (χ1v) is 14.1. The lowest BCUT2D eigenvalue weighted by Crippen LogP contribution is -2.52. The molecule has 0 spiro atoms. The Morgan fingerprint density at radius 2 is 1.86 bits per heavy atom. The van der Waals surface area contributed by atoms with E-state index in [1.165, 1.54) is 10.9 Å². The molecule has 14 nitrogen and oxygen atoms in total. The largest absolute Gasteiger partial charge is 0.444 e. The van der Waals surface area contributed by atoms with Gasteiger partial charge < -0.3 is 30.5 Å². The Kier molecular flexibility index (Phi) is 11.1. The van der Waals surface area contributed by atoms with Crippen molar-refractivity contribution in [2.75, 3.05) is 44.7 Å². The van der Waals surface area contributed by atoms with Crippen LogP contribution in [-0.4, -0.2) is 94.8 Å². The van der Waals surface area contributed by atoms with Crippen molar-refractivity contribution in [3.05, 3.63) is 18.6 Å². The number of anilines is 1. The van der Waals surface area contributed by atoms with Crippen molar-refractivity contribution >= 4 is 40.8 Å². The molecular formula is C28H41N9O5. The van der Waals surface area contributed by atoms with Crippen molar-refractivity contribution in [3.8, 4) is 6.07 Å². The summed E-state index contributed by atoms with van der Waals surface area (Å²) < 4.78 is 6.50. The number of aromatic nitrogens is 3. The van der Waals surface area contributed by atoms with Crippen LogP contribution in [0.4, 0.5) is 15.4 Å². The van der Waals surface area contributed by atoms with E-state index in [4.69, 9.17) is 10.00 Å². The van der Waals surface area contributed by atoms with Gasteiger partial charge in [-0.1, -0.05) is 6.92 Å². The summed E-state index contributed by atoms with van der Waals surface area (Å²) in [5.41, 5.74) is -0.164. The van der Waals surface area contributed by atoms with Gasteiger partial charge in [0.25, 0.3) is 0 Å². The number of carbonyl (C=O) groups excluding carboxylic acids is 4. The molecule has 4 amide bonds. The number of hydrogen-bond donors (Lipinski definition) is 3. The fourth-order valence-electron chi connectivity index (χ4n) is 4.79. The van der Waals surface area contributed by atoms with Gasteiger partial charge >= 0.3 is 12.1 Å². The zero-order chi connectivity index (χ0) is 30.9. The van der Waals surface area contributed by atoms with Crippen molar-refractivity contribution in [1.29, 1.82) is 5.26 Å². The molecule has 3 heterocycles. The maximum Gasteiger partial charge on any atom is 0.407 e. The minimum Gasteiger partial charge on any atom is -0.444 e. The first-order chi connectivity index (χ1) is 19.9. The topological polar surface area (TPSA) is 175 Å². The Labute approximate surface area is 245 Å². The molecule has 2 aromatic heterocycles. The number of nitrogens with one attached hydrogen (secondary N) is 3. The minimum absolute atomic E-state index is 0.0338. The van der Waals surface area contributed by atoms with Gasteiger partial charge in [-0.3, -0.25) is 14.2 Å². The van der Waals surface area contributed by atoms with E-state index in [-0.39, 0.29) is 36.7 Å². The number of hydrogen-bond acceptors (Lipinski definition) is 9. The molecule has 228 valence electrons. The van der Waals surface area contributed by atoms with Crippen LogP contribution in [0.25, 0.3) is 11.0 Å². The van der Waals surface area contributed by atoms with E-state index in [1.807, 2.05) is 18.0 Å². The van der Waals surface area contributed by atoms with Gasteiger partial charge in [-0.2, -0.15) is 5.26 Å². The van der Waals surface area contributed by atoms with Gasteiger partial charge in [0.1, 0.15) is 24.2 Å². The first-order valence-electron chi connectivity index (χ1n) is 14.1. The Hall–Kier alpha value is -4.41. The average Bonchev–Trinajstić information content (AvgIpc) is 3.37. The summed E-state index contributed by atoms with van der Waals surface area (Å²) in [6.45, 7) is 9.20. The van der Waals surface area contributed by atoms with Gasteiger partial charge in [-0.15, -0.1) is 0 Å². The normalized spacial score (nSPS) is 16.8. The second-order valence-electron chi connectivity index (χ2n) is 11.4. The molecule has 0 aromatic carbocycles. The molecule has 0 aliphatic carbocycles. The lowest BCUT2D eigenvalue weighted by atomic mass is 9.92. The zero-order valence-electron chi connectivity index (χ0n) is 25.0. The van der Waals surface area contributed by atoms with E-state index in [0.717, 1.165) is 6.42 Å². The maximum absolute atomic E-state index is 12.9. The number of fused-ring (bicyclic) bond motifs is 1. The van der Waals surface area contributed by atoms with Crippen LogP contribution in [0.15, 0.2) is 18.6 Å². The minimum atomic E-state index is -0.556. The maximum atomic E-state index is 12.9. The molecule has 2 aromatic rings. The van der Waals surface area contributed by atoms with Crippen molar-refractivity contribution in [3.63, 3.8) is 0 Å². The van der Waals surface area contributed by atoms with Gasteiger partial charge in [-0.05, 0) is 52.0 Å². The van der Waals surface area contributed by atoms with E-state index >= 15 is 0 Å². The van der Waals surface area contributed by atoms with Crippen molar-refractivity contribution < 1.29 is 23.9 Å². The third-order valence-corrected chi connectivity index (χ3v) is 7.01. The highest BCUT2D eigenvalue weighted by Gasteiger charge is 2.33.